The van der Waals surface area contributed by atoms with Crippen molar-refractivity contribution in [1.29, 1.82) is 0 Å². The van der Waals surface area contributed by atoms with Crippen molar-refractivity contribution in [1.82, 2.24) is 9.97 Å². The van der Waals surface area contributed by atoms with E-state index < -0.39 is 0 Å². The van der Waals surface area contributed by atoms with E-state index in [0.29, 0.717) is 5.82 Å². The van der Waals surface area contributed by atoms with Gasteiger partial charge in [0.1, 0.15) is 11.6 Å². The minimum atomic E-state index is -0.104. The third-order valence-corrected chi connectivity index (χ3v) is 2.49. The second kappa shape index (κ2) is 7.06. The summed E-state index contributed by atoms with van der Waals surface area (Å²) in [4.78, 5) is 18.5. The second-order valence-electron chi connectivity index (χ2n) is 4.45. The molecule has 1 rings (SSSR count). The van der Waals surface area contributed by atoms with E-state index in [-0.39, 0.29) is 11.5 Å². The number of hydrogen-bond acceptors (Lipinski definition) is 4. The van der Waals surface area contributed by atoms with E-state index in [0.717, 1.165) is 38.2 Å². The van der Waals surface area contributed by atoms with Crippen LogP contribution in [0.4, 0.5) is 5.82 Å². The van der Waals surface area contributed by atoms with E-state index in [1.807, 2.05) is 13.8 Å². The number of rotatable bonds is 7. The maximum Gasteiger partial charge on any atom is 0.252 e. The van der Waals surface area contributed by atoms with E-state index in [9.17, 15) is 4.79 Å². The van der Waals surface area contributed by atoms with Gasteiger partial charge in [0.25, 0.3) is 5.56 Å². The number of aromatic nitrogens is 2. The summed E-state index contributed by atoms with van der Waals surface area (Å²) in [5.41, 5.74) is 5.31. The molecule has 0 saturated carbocycles. The van der Waals surface area contributed by atoms with Crippen molar-refractivity contribution in [2.75, 3.05) is 18.4 Å². The van der Waals surface area contributed by atoms with Gasteiger partial charge in [0, 0.05) is 18.5 Å². The molecule has 17 heavy (non-hydrogen) atoms. The Morgan fingerprint density at radius 1 is 1.41 bits per heavy atom. The fourth-order valence-electron chi connectivity index (χ4n) is 1.50. The molecule has 5 heteroatoms. The first-order valence-corrected chi connectivity index (χ1v) is 6.18. The monoisotopic (exact) mass is 238 g/mol. The summed E-state index contributed by atoms with van der Waals surface area (Å²) in [5.74, 6) is 1.61. The first kappa shape index (κ1) is 13.7. The fraction of sp³-hybridized carbons (Fsp3) is 0.667. The van der Waals surface area contributed by atoms with Crippen molar-refractivity contribution >= 4 is 5.82 Å². The Labute approximate surface area is 102 Å². The van der Waals surface area contributed by atoms with Gasteiger partial charge in [0.2, 0.25) is 0 Å². The van der Waals surface area contributed by atoms with Crippen LogP contribution in [-0.4, -0.2) is 23.1 Å². The molecule has 0 spiro atoms. The number of nitrogens with two attached hydrogens (primary N) is 1. The predicted octanol–water partition coefficient (Wildman–Crippen LogP) is 1.43. The molecular weight excluding hydrogens is 216 g/mol. The van der Waals surface area contributed by atoms with Crippen LogP contribution in [0.1, 0.15) is 44.9 Å². The average Bonchev–Trinajstić information content (AvgIpc) is 2.28. The Morgan fingerprint density at radius 2 is 2.18 bits per heavy atom. The van der Waals surface area contributed by atoms with Gasteiger partial charge in [-0.1, -0.05) is 20.3 Å². The van der Waals surface area contributed by atoms with E-state index >= 15 is 0 Å². The molecule has 1 aromatic rings. The summed E-state index contributed by atoms with van der Waals surface area (Å²) in [6.07, 6.45) is 3.19. The molecule has 0 aliphatic rings. The van der Waals surface area contributed by atoms with Gasteiger partial charge in [0.05, 0.1) is 0 Å². The molecule has 0 radical (unpaired) electrons. The smallest absolute Gasteiger partial charge is 0.252 e. The third-order valence-electron chi connectivity index (χ3n) is 2.49. The molecule has 0 aliphatic heterocycles. The Bertz CT molecular complexity index is 386. The Morgan fingerprint density at radius 3 is 2.82 bits per heavy atom. The second-order valence-corrected chi connectivity index (χ2v) is 4.45. The third kappa shape index (κ3) is 4.99. The molecule has 96 valence electrons. The summed E-state index contributed by atoms with van der Waals surface area (Å²) >= 11 is 0. The molecule has 0 saturated heterocycles. The lowest BCUT2D eigenvalue weighted by Gasteiger charge is -2.08. The molecule has 0 fully saturated rings. The first-order valence-electron chi connectivity index (χ1n) is 6.18. The molecule has 5 nitrogen and oxygen atoms in total. The average molecular weight is 238 g/mol. The molecular formula is C12H22N4O. The maximum absolute atomic E-state index is 11.4. The number of aromatic amines is 1. The van der Waals surface area contributed by atoms with Crippen LogP contribution in [0.25, 0.3) is 0 Å². The fourth-order valence-corrected chi connectivity index (χ4v) is 1.50. The summed E-state index contributed by atoms with van der Waals surface area (Å²) in [5, 5.41) is 3.17. The van der Waals surface area contributed by atoms with Crippen molar-refractivity contribution in [3.8, 4) is 0 Å². The number of nitrogens with zero attached hydrogens (tertiary/aromatic N) is 1. The number of hydrogen-bond donors (Lipinski definition) is 3. The van der Waals surface area contributed by atoms with Crippen LogP contribution in [0, 0.1) is 0 Å². The van der Waals surface area contributed by atoms with E-state index in [2.05, 4.69) is 15.3 Å². The zero-order valence-electron chi connectivity index (χ0n) is 10.6. The van der Waals surface area contributed by atoms with E-state index in [1.165, 1.54) is 6.07 Å². The topological polar surface area (TPSA) is 83.8 Å². The van der Waals surface area contributed by atoms with Gasteiger partial charge in [0.15, 0.2) is 0 Å². The van der Waals surface area contributed by atoms with Gasteiger partial charge >= 0.3 is 0 Å². The zero-order valence-corrected chi connectivity index (χ0v) is 10.6. The lowest BCUT2D eigenvalue weighted by molar-refractivity contribution is 0.704. The number of anilines is 1. The molecule has 4 N–H and O–H groups in total. The normalized spacial score (nSPS) is 10.8. The molecule has 0 unspecified atom stereocenters. The minimum Gasteiger partial charge on any atom is -0.370 e. The molecule has 0 bridgehead atoms. The number of H-pyrrole nitrogens is 1. The van der Waals surface area contributed by atoms with Gasteiger partial charge in [-0.15, -0.1) is 0 Å². The van der Waals surface area contributed by atoms with Crippen LogP contribution in [0.5, 0.6) is 0 Å². The summed E-state index contributed by atoms with van der Waals surface area (Å²) in [7, 11) is 0. The zero-order chi connectivity index (χ0) is 12.7. The SMILES string of the molecule is CC(C)c1nc(NCCCCCN)cc(=O)[nH]1. The maximum atomic E-state index is 11.4. The summed E-state index contributed by atoms with van der Waals surface area (Å²) in [6, 6.07) is 1.49. The minimum absolute atomic E-state index is 0.104. The van der Waals surface area contributed by atoms with Crippen molar-refractivity contribution < 1.29 is 0 Å². The van der Waals surface area contributed by atoms with Gasteiger partial charge in [-0.05, 0) is 19.4 Å². The van der Waals surface area contributed by atoms with Crippen LogP contribution in [0.15, 0.2) is 10.9 Å². The van der Waals surface area contributed by atoms with E-state index in [1.54, 1.807) is 0 Å². The highest BCUT2D eigenvalue weighted by Gasteiger charge is 2.04. The quantitative estimate of drug-likeness (QED) is 0.627. The molecule has 1 heterocycles. The number of nitrogens with one attached hydrogen (secondary N) is 2. The molecule has 0 aromatic carbocycles. The van der Waals surface area contributed by atoms with Crippen LogP contribution in [-0.2, 0) is 0 Å². The molecule has 0 aliphatic carbocycles. The van der Waals surface area contributed by atoms with Crippen molar-refractivity contribution in [3.05, 3.63) is 22.2 Å². The van der Waals surface area contributed by atoms with Crippen LogP contribution >= 0.6 is 0 Å². The van der Waals surface area contributed by atoms with Gasteiger partial charge in [-0.3, -0.25) is 4.79 Å². The first-order chi connectivity index (χ1) is 8.13. The Balaban J connectivity index is 2.50. The highest BCUT2D eigenvalue weighted by molar-refractivity contribution is 5.33. The van der Waals surface area contributed by atoms with Crippen LogP contribution in [0.2, 0.25) is 0 Å². The molecule has 0 atom stereocenters. The molecule has 0 amide bonds. The van der Waals surface area contributed by atoms with Crippen molar-refractivity contribution in [2.45, 2.75) is 39.0 Å². The summed E-state index contributed by atoms with van der Waals surface area (Å²) < 4.78 is 0. The van der Waals surface area contributed by atoms with Crippen molar-refractivity contribution in [2.24, 2.45) is 5.73 Å². The Hall–Kier alpha value is -1.36. The van der Waals surface area contributed by atoms with Gasteiger partial charge < -0.3 is 16.0 Å². The van der Waals surface area contributed by atoms with Gasteiger partial charge in [-0.25, -0.2) is 4.98 Å². The Kier molecular flexibility index (Phi) is 5.69. The van der Waals surface area contributed by atoms with Gasteiger partial charge in [-0.2, -0.15) is 0 Å². The lowest BCUT2D eigenvalue weighted by Crippen LogP contribution is -2.15. The summed E-state index contributed by atoms with van der Waals surface area (Å²) in [6.45, 7) is 5.57. The number of unbranched alkanes of at least 4 members (excludes halogenated alkanes) is 2. The van der Waals surface area contributed by atoms with Crippen LogP contribution in [0.3, 0.4) is 0 Å². The largest absolute Gasteiger partial charge is 0.370 e. The van der Waals surface area contributed by atoms with Crippen molar-refractivity contribution in [3.63, 3.8) is 0 Å². The lowest BCUT2D eigenvalue weighted by atomic mass is 10.2. The highest BCUT2D eigenvalue weighted by Crippen LogP contribution is 2.09. The standard InChI is InChI=1S/C12H22N4O/c1-9(2)12-15-10(8-11(17)16-12)14-7-5-3-4-6-13/h8-9H,3-7,13H2,1-2H3,(H2,14,15,16,17). The molecule has 1 aromatic heterocycles. The van der Waals surface area contributed by atoms with Crippen LogP contribution < -0.4 is 16.6 Å². The predicted molar refractivity (Wildman–Crippen MR) is 70.3 cm³/mol. The highest BCUT2D eigenvalue weighted by atomic mass is 16.1. The van der Waals surface area contributed by atoms with E-state index in [4.69, 9.17) is 5.73 Å².